The standard InChI is InChI=1S/C5H4Cl3NO/c1-4(6,7)5(8,2-9)3-10/h3H,1H3. The fourth-order valence-corrected chi connectivity index (χ4v) is 0.402. The first-order valence-corrected chi connectivity index (χ1v) is 3.45. The number of halogens is 3. The van der Waals surface area contributed by atoms with Gasteiger partial charge in [0.1, 0.15) is 0 Å². The third-order valence-corrected chi connectivity index (χ3v) is 2.31. The summed E-state index contributed by atoms with van der Waals surface area (Å²) >= 11 is 16.2. The van der Waals surface area contributed by atoms with Gasteiger partial charge in [0, 0.05) is 0 Å². The first-order valence-electron chi connectivity index (χ1n) is 2.31. The van der Waals surface area contributed by atoms with E-state index in [1.165, 1.54) is 13.0 Å². The van der Waals surface area contributed by atoms with E-state index in [1.807, 2.05) is 0 Å². The van der Waals surface area contributed by atoms with Crippen LogP contribution in [0, 0.1) is 11.3 Å². The number of hydrogen-bond acceptors (Lipinski definition) is 2. The maximum absolute atomic E-state index is 10.2. The molecular weight excluding hydrogens is 196 g/mol. The zero-order valence-corrected chi connectivity index (χ0v) is 7.33. The minimum atomic E-state index is -1.85. The van der Waals surface area contributed by atoms with E-state index in [-0.39, 0.29) is 6.29 Å². The monoisotopic (exact) mass is 199 g/mol. The molecule has 0 aliphatic carbocycles. The van der Waals surface area contributed by atoms with E-state index in [4.69, 9.17) is 40.1 Å². The van der Waals surface area contributed by atoms with Gasteiger partial charge in [-0.3, -0.25) is 0 Å². The first kappa shape index (κ1) is 10.0. The van der Waals surface area contributed by atoms with E-state index in [2.05, 4.69) is 0 Å². The Bertz CT molecular complexity index is 180. The van der Waals surface area contributed by atoms with Gasteiger partial charge < -0.3 is 4.79 Å². The highest BCUT2D eigenvalue weighted by molar-refractivity contribution is 6.56. The smallest absolute Gasteiger partial charge is 0.217 e. The van der Waals surface area contributed by atoms with Crippen LogP contribution in [0.2, 0.25) is 0 Å². The van der Waals surface area contributed by atoms with Gasteiger partial charge in [0.15, 0.2) is 10.6 Å². The van der Waals surface area contributed by atoms with Crippen molar-refractivity contribution >= 4 is 41.1 Å². The Morgan fingerprint density at radius 1 is 1.50 bits per heavy atom. The summed E-state index contributed by atoms with van der Waals surface area (Å²) in [6.07, 6.45) is 0.217. The maximum Gasteiger partial charge on any atom is 0.217 e. The summed E-state index contributed by atoms with van der Waals surface area (Å²) in [4.78, 5) is 8.33. The Morgan fingerprint density at radius 2 is 1.90 bits per heavy atom. The van der Waals surface area contributed by atoms with Gasteiger partial charge in [-0.1, -0.05) is 34.8 Å². The van der Waals surface area contributed by atoms with Gasteiger partial charge in [-0.05, 0) is 6.92 Å². The number of hydrogen-bond donors (Lipinski definition) is 0. The van der Waals surface area contributed by atoms with Crippen LogP contribution >= 0.6 is 34.8 Å². The normalized spacial score (nSPS) is 17.1. The lowest BCUT2D eigenvalue weighted by Gasteiger charge is -2.22. The summed E-state index contributed by atoms with van der Waals surface area (Å²) in [5.74, 6) is 0. The molecule has 0 saturated carbocycles. The lowest BCUT2D eigenvalue weighted by atomic mass is 10.1. The minimum Gasteiger partial charge on any atom is -0.300 e. The van der Waals surface area contributed by atoms with Crippen LogP contribution in [-0.2, 0) is 4.79 Å². The van der Waals surface area contributed by atoms with Gasteiger partial charge in [-0.25, -0.2) is 0 Å². The van der Waals surface area contributed by atoms with Crippen molar-refractivity contribution in [2.45, 2.75) is 16.1 Å². The third-order valence-electron chi connectivity index (χ3n) is 0.964. The van der Waals surface area contributed by atoms with Crippen molar-refractivity contribution in [2.24, 2.45) is 0 Å². The van der Waals surface area contributed by atoms with Crippen LogP contribution in [-0.4, -0.2) is 15.5 Å². The lowest BCUT2D eigenvalue weighted by molar-refractivity contribution is -0.109. The summed E-state index contributed by atoms with van der Waals surface area (Å²) in [7, 11) is 0. The number of aldehydes is 1. The molecule has 0 aliphatic heterocycles. The Hall–Kier alpha value is 0.0300. The molecule has 0 heterocycles. The molecule has 0 fully saturated rings. The lowest BCUT2D eigenvalue weighted by Crippen LogP contribution is -2.38. The number of rotatable bonds is 2. The van der Waals surface area contributed by atoms with E-state index in [1.54, 1.807) is 0 Å². The summed E-state index contributed by atoms with van der Waals surface area (Å²) in [6.45, 7) is 1.28. The highest BCUT2D eigenvalue weighted by Gasteiger charge is 2.45. The second-order valence-corrected chi connectivity index (χ2v) is 4.13. The van der Waals surface area contributed by atoms with Crippen LogP contribution in [0.4, 0.5) is 0 Å². The van der Waals surface area contributed by atoms with Crippen molar-refractivity contribution in [1.82, 2.24) is 0 Å². The number of alkyl halides is 3. The molecule has 0 bridgehead atoms. The van der Waals surface area contributed by atoms with Gasteiger partial charge in [-0.2, -0.15) is 5.26 Å². The molecule has 0 aliphatic rings. The highest BCUT2D eigenvalue weighted by atomic mass is 35.5. The second kappa shape index (κ2) is 2.96. The summed E-state index contributed by atoms with van der Waals surface area (Å²) in [5.41, 5.74) is 0. The van der Waals surface area contributed by atoms with Crippen molar-refractivity contribution in [2.75, 3.05) is 0 Å². The molecule has 0 saturated heterocycles. The minimum absolute atomic E-state index is 0.217. The predicted octanol–water partition coefficient (Wildman–Crippen LogP) is 1.88. The zero-order chi connectivity index (χ0) is 8.41. The topological polar surface area (TPSA) is 40.9 Å². The maximum atomic E-state index is 10.2. The van der Waals surface area contributed by atoms with Crippen molar-refractivity contribution < 1.29 is 4.79 Å². The van der Waals surface area contributed by atoms with Gasteiger partial charge >= 0.3 is 0 Å². The average molecular weight is 200 g/mol. The van der Waals surface area contributed by atoms with Crippen molar-refractivity contribution in [3.63, 3.8) is 0 Å². The molecule has 10 heavy (non-hydrogen) atoms. The van der Waals surface area contributed by atoms with Crippen molar-refractivity contribution in [3.05, 3.63) is 0 Å². The van der Waals surface area contributed by atoms with E-state index >= 15 is 0 Å². The molecule has 0 spiro atoms. The van der Waals surface area contributed by atoms with E-state index in [0.29, 0.717) is 0 Å². The Morgan fingerprint density at radius 3 is 1.90 bits per heavy atom. The van der Waals surface area contributed by atoms with E-state index in [9.17, 15) is 4.79 Å². The van der Waals surface area contributed by atoms with Crippen LogP contribution in [0.3, 0.4) is 0 Å². The SMILES string of the molecule is CC(Cl)(Cl)C(Cl)(C#N)C=O. The molecule has 0 N–H and O–H groups in total. The summed E-state index contributed by atoms with van der Waals surface area (Å²) < 4.78 is -1.56. The van der Waals surface area contributed by atoms with E-state index in [0.717, 1.165) is 0 Å². The molecule has 0 amide bonds. The molecule has 0 radical (unpaired) electrons. The molecule has 56 valence electrons. The Kier molecular flexibility index (Phi) is 2.97. The van der Waals surface area contributed by atoms with Crippen LogP contribution in [0.15, 0.2) is 0 Å². The number of carbonyl (C=O) groups is 1. The van der Waals surface area contributed by atoms with Crippen molar-refractivity contribution in [1.29, 1.82) is 5.26 Å². The van der Waals surface area contributed by atoms with Gasteiger partial charge in [0.2, 0.25) is 4.87 Å². The number of carbonyl (C=O) groups excluding carboxylic acids is 1. The average Bonchev–Trinajstić information content (AvgIpc) is 1.84. The molecule has 0 rings (SSSR count). The molecule has 5 heteroatoms. The molecule has 2 nitrogen and oxygen atoms in total. The second-order valence-electron chi connectivity index (χ2n) is 1.83. The quantitative estimate of drug-likeness (QED) is 0.504. The summed E-state index contributed by atoms with van der Waals surface area (Å²) in [6, 6.07) is 1.50. The largest absolute Gasteiger partial charge is 0.300 e. The van der Waals surface area contributed by atoms with Crippen LogP contribution in [0.1, 0.15) is 6.92 Å². The molecular formula is C5H4Cl3NO. The van der Waals surface area contributed by atoms with Crippen molar-refractivity contribution in [3.8, 4) is 6.07 Å². The van der Waals surface area contributed by atoms with Crippen LogP contribution in [0.25, 0.3) is 0 Å². The first-order chi connectivity index (χ1) is 4.37. The number of nitrogens with zero attached hydrogens (tertiary/aromatic N) is 1. The Labute approximate surface area is 73.7 Å². The van der Waals surface area contributed by atoms with Crippen LogP contribution in [0.5, 0.6) is 0 Å². The summed E-state index contributed by atoms with van der Waals surface area (Å²) in [5, 5.41) is 8.34. The zero-order valence-electron chi connectivity index (χ0n) is 5.07. The molecule has 1 atom stereocenters. The van der Waals surface area contributed by atoms with Gasteiger partial charge in [0.05, 0.1) is 6.07 Å². The van der Waals surface area contributed by atoms with Crippen LogP contribution < -0.4 is 0 Å². The fraction of sp³-hybridized carbons (Fsp3) is 0.600. The Balaban J connectivity index is 4.71. The molecule has 0 aromatic rings. The highest BCUT2D eigenvalue weighted by Crippen LogP contribution is 2.36. The van der Waals surface area contributed by atoms with Gasteiger partial charge in [0.25, 0.3) is 0 Å². The molecule has 1 unspecified atom stereocenters. The van der Waals surface area contributed by atoms with E-state index < -0.39 is 9.21 Å². The number of nitriles is 1. The van der Waals surface area contributed by atoms with Gasteiger partial charge in [-0.15, -0.1) is 0 Å². The third kappa shape index (κ3) is 1.76. The molecule has 0 aromatic heterocycles. The molecule has 0 aromatic carbocycles. The predicted molar refractivity (Wildman–Crippen MR) is 40.4 cm³/mol. The fourth-order valence-electron chi connectivity index (χ4n) is 0.228.